The second kappa shape index (κ2) is 2.86. The first kappa shape index (κ1) is 6.60. The summed E-state index contributed by atoms with van der Waals surface area (Å²) < 4.78 is 0. The minimum Gasteiger partial charge on any atom is -0.0816 e. The van der Waals surface area contributed by atoms with Crippen LogP contribution in [-0.4, -0.2) is 0 Å². The molecule has 1 rings (SSSR count). The summed E-state index contributed by atoms with van der Waals surface area (Å²) in [5, 5.41) is 0. The van der Waals surface area contributed by atoms with Crippen LogP contribution in [0, 0.1) is 12.0 Å². The van der Waals surface area contributed by atoms with Gasteiger partial charge < -0.3 is 0 Å². The van der Waals surface area contributed by atoms with E-state index in [-0.39, 0.29) is 0 Å². The van der Waals surface area contributed by atoms with Gasteiger partial charge in [-0.15, -0.1) is 0 Å². The number of hydrogen-bond acceptors (Lipinski definition) is 0. The first-order valence-electron chi connectivity index (χ1n) is 3.55. The van der Waals surface area contributed by atoms with Crippen LogP contribution in [0.2, 0.25) is 0 Å². The van der Waals surface area contributed by atoms with E-state index in [2.05, 4.69) is 32.1 Å². The molecule has 0 heteroatoms. The smallest absolute Gasteiger partial charge is 0.0185 e. The average molecular weight is 121 g/mol. The van der Waals surface area contributed by atoms with Crippen LogP contribution in [0.5, 0.6) is 0 Å². The fraction of sp³-hybridized carbons (Fsp3) is 0.556. The highest BCUT2D eigenvalue weighted by atomic mass is 14.0. The van der Waals surface area contributed by atoms with Crippen molar-refractivity contribution in [1.82, 2.24) is 0 Å². The molecule has 1 aliphatic carbocycles. The van der Waals surface area contributed by atoms with Gasteiger partial charge in [0.1, 0.15) is 0 Å². The van der Waals surface area contributed by atoms with Crippen LogP contribution in [0.15, 0.2) is 17.7 Å². The van der Waals surface area contributed by atoms with Crippen LogP contribution in [0.3, 0.4) is 0 Å². The lowest BCUT2D eigenvalue weighted by Gasteiger charge is -1.97. The van der Waals surface area contributed by atoms with Crippen molar-refractivity contribution >= 4 is 0 Å². The van der Waals surface area contributed by atoms with Crippen LogP contribution in [-0.2, 0) is 0 Å². The van der Waals surface area contributed by atoms with E-state index in [1.165, 1.54) is 18.4 Å². The molecular weight excluding hydrogens is 108 g/mol. The van der Waals surface area contributed by atoms with Gasteiger partial charge in [-0.05, 0) is 31.8 Å². The molecule has 49 valence electrons. The lowest BCUT2D eigenvalue weighted by Crippen LogP contribution is -1.85. The molecule has 0 nitrogen and oxygen atoms in total. The predicted molar refractivity (Wildman–Crippen MR) is 40.0 cm³/mol. The molecule has 0 heterocycles. The molecule has 0 bridgehead atoms. The normalized spacial score (nSPS) is 27.3. The third kappa shape index (κ3) is 2.05. The SMILES string of the molecule is CC1=CCCC(C)[C]=C1. The molecule has 1 radical (unpaired) electrons. The van der Waals surface area contributed by atoms with Crippen molar-refractivity contribution in [2.45, 2.75) is 26.7 Å². The first-order valence-corrected chi connectivity index (χ1v) is 3.55. The monoisotopic (exact) mass is 121 g/mol. The predicted octanol–water partition coefficient (Wildman–Crippen LogP) is 2.72. The Morgan fingerprint density at radius 3 is 3.22 bits per heavy atom. The Bertz CT molecular complexity index is 140. The highest BCUT2D eigenvalue weighted by Gasteiger charge is 1.98. The van der Waals surface area contributed by atoms with E-state index >= 15 is 0 Å². The van der Waals surface area contributed by atoms with Crippen molar-refractivity contribution in [2.24, 2.45) is 5.92 Å². The summed E-state index contributed by atoms with van der Waals surface area (Å²) in [5.41, 5.74) is 1.36. The standard InChI is InChI=1S/C9H13/c1-8-4-3-5-9(2)7-6-8/h4,6,9H,3,5H2,1-2H3. The van der Waals surface area contributed by atoms with Crippen LogP contribution in [0.25, 0.3) is 0 Å². The Morgan fingerprint density at radius 2 is 2.44 bits per heavy atom. The summed E-state index contributed by atoms with van der Waals surface area (Å²) in [5.74, 6) is 0.652. The van der Waals surface area contributed by atoms with Crippen molar-refractivity contribution in [1.29, 1.82) is 0 Å². The van der Waals surface area contributed by atoms with Gasteiger partial charge in [-0.3, -0.25) is 0 Å². The van der Waals surface area contributed by atoms with Gasteiger partial charge in [-0.1, -0.05) is 24.6 Å². The second-order valence-corrected chi connectivity index (χ2v) is 2.74. The van der Waals surface area contributed by atoms with Gasteiger partial charge in [0, 0.05) is 0 Å². The molecule has 0 saturated carbocycles. The molecule has 0 aromatic carbocycles. The van der Waals surface area contributed by atoms with E-state index < -0.39 is 0 Å². The molecule has 0 saturated heterocycles. The molecule has 0 N–H and O–H groups in total. The molecule has 0 spiro atoms. The minimum atomic E-state index is 0.652. The van der Waals surface area contributed by atoms with Crippen molar-refractivity contribution in [3.8, 4) is 0 Å². The lowest BCUT2D eigenvalue weighted by atomic mass is 10.1. The molecule has 0 amide bonds. The molecule has 0 aliphatic heterocycles. The van der Waals surface area contributed by atoms with Gasteiger partial charge in [-0.2, -0.15) is 0 Å². The fourth-order valence-electron chi connectivity index (χ4n) is 0.977. The van der Waals surface area contributed by atoms with E-state index in [1.54, 1.807) is 0 Å². The summed E-state index contributed by atoms with van der Waals surface area (Å²) in [4.78, 5) is 0. The molecule has 1 aliphatic rings. The number of hydrogen-bond donors (Lipinski definition) is 0. The summed E-state index contributed by atoms with van der Waals surface area (Å²) in [6.45, 7) is 4.34. The maximum absolute atomic E-state index is 3.30. The largest absolute Gasteiger partial charge is 0.0816 e. The lowest BCUT2D eigenvalue weighted by molar-refractivity contribution is 0.646. The Balaban J connectivity index is 2.58. The third-order valence-electron chi connectivity index (χ3n) is 1.66. The van der Waals surface area contributed by atoms with E-state index in [1.807, 2.05) is 0 Å². The van der Waals surface area contributed by atoms with Crippen molar-refractivity contribution in [3.63, 3.8) is 0 Å². The zero-order valence-electron chi connectivity index (χ0n) is 6.15. The summed E-state index contributed by atoms with van der Waals surface area (Å²) in [6, 6.07) is 0. The first-order chi connectivity index (χ1) is 4.29. The van der Waals surface area contributed by atoms with Crippen LogP contribution >= 0.6 is 0 Å². The molecule has 0 aromatic heterocycles. The van der Waals surface area contributed by atoms with Gasteiger partial charge in [0.25, 0.3) is 0 Å². The molecule has 9 heavy (non-hydrogen) atoms. The molecule has 1 unspecified atom stereocenters. The number of allylic oxidation sites excluding steroid dienone is 4. The number of rotatable bonds is 0. The Labute approximate surface area is 57.3 Å². The van der Waals surface area contributed by atoms with E-state index in [0.29, 0.717) is 5.92 Å². The van der Waals surface area contributed by atoms with Gasteiger partial charge >= 0.3 is 0 Å². The summed E-state index contributed by atoms with van der Waals surface area (Å²) >= 11 is 0. The molecular formula is C9H13. The van der Waals surface area contributed by atoms with Crippen molar-refractivity contribution < 1.29 is 0 Å². The highest BCUT2D eigenvalue weighted by molar-refractivity contribution is 5.15. The van der Waals surface area contributed by atoms with E-state index in [0.717, 1.165) is 0 Å². The van der Waals surface area contributed by atoms with Crippen molar-refractivity contribution in [2.75, 3.05) is 0 Å². The summed E-state index contributed by atoms with van der Waals surface area (Å²) in [6.07, 6.45) is 10.1. The van der Waals surface area contributed by atoms with Gasteiger partial charge in [0.2, 0.25) is 0 Å². The molecule has 1 atom stereocenters. The van der Waals surface area contributed by atoms with Gasteiger partial charge in [0.15, 0.2) is 0 Å². The van der Waals surface area contributed by atoms with Gasteiger partial charge in [-0.25, -0.2) is 0 Å². The average Bonchev–Trinajstić information content (AvgIpc) is 1.97. The minimum absolute atomic E-state index is 0.652. The van der Waals surface area contributed by atoms with Crippen molar-refractivity contribution in [3.05, 3.63) is 23.8 Å². The third-order valence-corrected chi connectivity index (χ3v) is 1.66. The van der Waals surface area contributed by atoms with E-state index in [9.17, 15) is 0 Å². The van der Waals surface area contributed by atoms with Crippen LogP contribution in [0.1, 0.15) is 26.7 Å². The van der Waals surface area contributed by atoms with Crippen LogP contribution in [0.4, 0.5) is 0 Å². The summed E-state index contributed by atoms with van der Waals surface area (Å²) in [7, 11) is 0. The Kier molecular flexibility index (Phi) is 2.10. The van der Waals surface area contributed by atoms with Crippen LogP contribution < -0.4 is 0 Å². The fourth-order valence-corrected chi connectivity index (χ4v) is 0.977. The van der Waals surface area contributed by atoms with E-state index in [4.69, 9.17) is 0 Å². The maximum atomic E-state index is 3.30. The molecule has 0 aromatic rings. The zero-order chi connectivity index (χ0) is 6.69. The Hall–Kier alpha value is -0.520. The zero-order valence-corrected chi connectivity index (χ0v) is 6.15. The molecule has 0 fully saturated rings. The highest BCUT2D eigenvalue weighted by Crippen LogP contribution is 2.13. The quantitative estimate of drug-likeness (QED) is 0.462. The second-order valence-electron chi connectivity index (χ2n) is 2.74. The topological polar surface area (TPSA) is 0 Å². The Morgan fingerprint density at radius 1 is 1.67 bits per heavy atom. The van der Waals surface area contributed by atoms with Gasteiger partial charge in [0.05, 0.1) is 0 Å². The maximum Gasteiger partial charge on any atom is -0.0185 e.